The highest BCUT2D eigenvalue weighted by Gasteiger charge is 2.34. The molecule has 1 aromatic rings. The molecular formula is C10H9ClF3N. The first kappa shape index (κ1) is 10.7. The lowest BCUT2D eigenvalue weighted by molar-refractivity contribution is -0.137. The van der Waals surface area contributed by atoms with Crippen molar-refractivity contribution >= 4 is 11.6 Å². The van der Waals surface area contributed by atoms with Gasteiger partial charge in [-0.1, -0.05) is 0 Å². The topological polar surface area (TPSA) is 12.9 Å². The van der Waals surface area contributed by atoms with Gasteiger partial charge in [0.2, 0.25) is 0 Å². The molecule has 1 aliphatic carbocycles. The molecule has 0 atom stereocenters. The van der Waals surface area contributed by atoms with Crippen molar-refractivity contribution in [2.24, 2.45) is 0 Å². The number of halogens is 4. The number of hydrogen-bond acceptors (Lipinski definition) is 1. The number of alkyl halides is 4. The summed E-state index contributed by atoms with van der Waals surface area (Å²) in [5.41, 5.74) is 0.184. The van der Waals surface area contributed by atoms with Crippen LogP contribution in [0.1, 0.15) is 35.7 Å². The summed E-state index contributed by atoms with van der Waals surface area (Å²) in [7, 11) is 0. The van der Waals surface area contributed by atoms with Gasteiger partial charge in [-0.25, -0.2) is 0 Å². The maximum atomic E-state index is 12.5. The van der Waals surface area contributed by atoms with E-state index in [0.29, 0.717) is 11.4 Å². The van der Waals surface area contributed by atoms with Gasteiger partial charge < -0.3 is 0 Å². The molecule has 0 amide bonds. The first-order valence-electron chi connectivity index (χ1n) is 4.64. The van der Waals surface area contributed by atoms with Crippen molar-refractivity contribution < 1.29 is 13.2 Å². The molecule has 0 bridgehead atoms. The highest BCUT2D eigenvalue weighted by atomic mass is 35.5. The molecule has 15 heavy (non-hydrogen) atoms. The van der Waals surface area contributed by atoms with E-state index in [-0.39, 0.29) is 11.8 Å². The van der Waals surface area contributed by atoms with Gasteiger partial charge in [-0.05, 0) is 25.0 Å². The highest BCUT2D eigenvalue weighted by Crippen LogP contribution is 2.41. The minimum absolute atomic E-state index is 0.0175. The first-order chi connectivity index (χ1) is 7.00. The summed E-state index contributed by atoms with van der Waals surface area (Å²) in [5, 5.41) is 0. The SMILES string of the molecule is FC(F)(F)c1cc(CCl)nc(C2CC2)c1. The molecule has 1 nitrogen and oxygen atoms in total. The summed E-state index contributed by atoms with van der Waals surface area (Å²) in [5.74, 6) is 0.221. The molecule has 0 N–H and O–H groups in total. The maximum absolute atomic E-state index is 12.5. The fourth-order valence-corrected chi connectivity index (χ4v) is 1.57. The Bertz CT molecular complexity index is 371. The fourth-order valence-electron chi connectivity index (χ4n) is 1.43. The van der Waals surface area contributed by atoms with E-state index in [2.05, 4.69) is 4.98 Å². The van der Waals surface area contributed by atoms with Crippen LogP contribution < -0.4 is 0 Å². The van der Waals surface area contributed by atoms with Gasteiger partial charge in [-0.2, -0.15) is 13.2 Å². The van der Waals surface area contributed by atoms with Crippen LogP contribution in [-0.4, -0.2) is 4.98 Å². The molecule has 1 heterocycles. The Balaban J connectivity index is 2.41. The van der Waals surface area contributed by atoms with E-state index >= 15 is 0 Å². The number of nitrogens with zero attached hydrogens (tertiary/aromatic N) is 1. The predicted octanol–water partition coefficient (Wildman–Crippen LogP) is 3.72. The first-order valence-corrected chi connectivity index (χ1v) is 5.18. The van der Waals surface area contributed by atoms with Crippen LogP contribution in [0.5, 0.6) is 0 Å². The Hall–Kier alpha value is -0.770. The van der Waals surface area contributed by atoms with E-state index in [0.717, 1.165) is 25.0 Å². The van der Waals surface area contributed by atoms with Crippen molar-refractivity contribution in [2.45, 2.75) is 30.8 Å². The molecule has 1 aliphatic rings. The Morgan fingerprint density at radius 1 is 1.33 bits per heavy atom. The van der Waals surface area contributed by atoms with Crippen molar-refractivity contribution in [3.63, 3.8) is 0 Å². The average Bonchev–Trinajstić information content (AvgIpc) is 2.99. The molecule has 1 saturated carbocycles. The van der Waals surface area contributed by atoms with Crippen LogP contribution >= 0.6 is 11.6 Å². The van der Waals surface area contributed by atoms with E-state index in [9.17, 15) is 13.2 Å². The lowest BCUT2D eigenvalue weighted by atomic mass is 10.1. The Kier molecular flexibility index (Phi) is 2.63. The summed E-state index contributed by atoms with van der Waals surface area (Å²) in [6.45, 7) is 0. The van der Waals surface area contributed by atoms with E-state index in [4.69, 9.17) is 11.6 Å². The molecule has 2 rings (SSSR count). The monoisotopic (exact) mass is 235 g/mol. The minimum atomic E-state index is -4.31. The number of aromatic nitrogens is 1. The zero-order chi connectivity index (χ0) is 11.1. The fraction of sp³-hybridized carbons (Fsp3) is 0.500. The second-order valence-corrected chi connectivity index (χ2v) is 3.94. The summed E-state index contributed by atoms with van der Waals surface area (Å²) >= 11 is 5.52. The quantitative estimate of drug-likeness (QED) is 0.712. The minimum Gasteiger partial charge on any atom is -0.256 e. The highest BCUT2D eigenvalue weighted by molar-refractivity contribution is 6.16. The molecule has 1 aromatic heterocycles. The molecule has 82 valence electrons. The molecule has 0 aliphatic heterocycles. The Morgan fingerprint density at radius 2 is 2.00 bits per heavy atom. The molecule has 0 unspecified atom stereocenters. The van der Waals surface area contributed by atoms with Crippen molar-refractivity contribution in [2.75, 3.05) is 0 Å². The zero-order valence-corrected chi connectivity index (χ0v) is 8.57. The van der Waals surface area contributed by atoms with Crippen LogP contribution in [0.15, 0.2) is 12.1 Å². The third kappa shape index (κ3) is 2.43. The van der Waals surface area contributed by atoms with E-state index in [1.54, 1.807) is 0 Å². The number of pyridine rings is 1. The van der Waals surface area contributed by atoms with Gasteiger partial charge in [0.25, 0.3) is 0 Å². The van der Waals surface area contributed by atoms with Gasteiger partial charge in [0.1, 0.15) is 0 Å². The normalized spacial score (nSPS) is 16.8. The van der Waals surface area contributed by atoms with Crippen molar-refractivity contribution in [1.82, 2.24) is 4.98 Å². The second-order valence-electron chi connectivity index (χ2n) is 3.68. The lowest BCUT2D eigenvalue weighted by Gasteiger charge is -2.09. The van der Waals surface area contributed by atoms with Crippen molar-refractivity contribution in [3.05, 3.63) is 29.1 Å². The third-order valence-electron chi connectivity index (χ3n) is 2.36. The van der Waals surface area contributed by atoms with Crippen molar-refractivity contribution in [1.29, 1.82) is 0 Å². The molecule has 0 saturated heterocycles. The summed E-state index contributed by atoms with van der Waals surface area (Å²) in [6.07, 6.45) is -2.46. The molecule has 1 fully saturated rings. The molecule has 5 heteroatoms. The van der Waals surface area contributed by atoms with Gasteiger partial charge in [-0.3, -0.25) is 4.98 Å². The molecule has 0 aromatic carbocycles. The van der Waals surface area contributed by atoms with Crippen LogP contribution in [0.2, 0.25) is 0 Å². The summed E-state index contributed by atoms with van der Waals surface area (Å²) < 4.78 is 37.5. The molecule has 0 radical (unpaired) electrons. The predicted molar refractivity (Wildman–Crippen MR) is 50.8 cm³/mol. The van der Waals surface area contributed by atoms with Crippen LogP contribution in [0.3, 0.4) is 0 Å². The van der Waals surface area contributed by atoms with Crippen LogP contribution in [0, 0.1) is 0 Å². The Labute approximate surface area is 90.3 Å². The van der Waals surface area contributed by atoms with Crippen molar-refractivity contribution in [3.8, 4) is 0 Å². The van der Waals surface area contributed by atoms with E-state index in [1.807, 2.05) is 0 Å². The van der Waals surface area contributed by atoms with Crippen LogP contribution in [0.4, 0.5) is 13.2 Å². The van der Waals surface area contributed by atoms with E-state index in [1.165, 1.54) is 0 Å². The third-order valence-corrected chi connectivity index (χ3v) is 2.63. The van der Waals surface area contributed by atoms with Crippen LogP contribution in [0.25, 0.3) is 0 Å². The van der Waals surface area contributed by atoms with Crippen LogP contribution in [-0.2, 0) is 12.1 Å². The number of hydrogen-bond donors (Lipinski definition) is 0. The largest absolute Gasteiger partial charge is 0.416 e. The lowest BCUT2D eigenvalue weighted by Crippen LogP contribution is -2.08. The summed E-state index contributed by atoms with van der Waals surface area (Å²) in [4.78, 5) is 4.10. The smallest absolute Gasteiger partial charge is 0.256 e. The van der Waals surface area contributed by atoms with Gasteiger partial charge in [-0.15, -0.1) is 11.6 Å². The summed E-state index contributed by atoms with van der Waals surface area (Å²) in [6, 6.07) is 2.15. The molecule has 0 spiro atoms. The van der Waals surface area contributed by atoms with Gasteiger partial charge in [0.05, 0.1) is 17.1 Å². The average molecular weight is 236 g/mol. The van der Waals surface area contributed by atoms with Gasteiger partial charge >= 0.3 is 6.18 Å². The standard InChI is InChI=1S/C10H9ClF3N/c11-5-8-3-7(10(12,13)14)4-9(15-8)6-1-2-6/h3-4,6H,1-2,5H2. The van der Waals surface area contributed by atoms with Gasteiger partial charge in [0.15, 0.2) is 0 Å². The molecular weight excluding hydrogens is 227 g/mol. The number of rotatable bonds is 2. The van der Waals surface area contributed by atoms with Gasteiger partial charge in [0, 0.05) is 11.6 Å². The second kappa shape index (κ2) is 3.67. The zero-order valence-electron chi connectivity index (χ0n) is 7.81. The maximum Gasteiger partial charge on any atom is 0.416 e. The van der Waals surface area contributed by atoms with E-state index < -0.39 is 11.7 Å². The Morgan fingerprint density at radius 3 is 2.47 bits per heavy atom.